The maximum absolute atomic E-state index is 4.53. The first-order valence-electron chi connectivity index (χ1n) is 7.45. The number of aromatic nitrogens is 3. The van der Waals surface area contributed by atoms with Gasteiger partial charge in [0, 0.05) is 24.9 Å². The standard InChI is InChI=1S/C14H24N4/c1-3-17-9-5-7-12(10-17)14-16-15-13-8-4-6-11(2)18(13)14/h11-12H,3-10H2,1-2H3. The second-order valence-corrected chi connectivity index (χ2v) is 5.82. The fourth-order valence-corrected chi connectivity index (χ4v) is 3.50. The zero-order valence-corrected chi connectivity index (χ0v) is 11.6. The van der Waals surface area contributed by atoms with Crippen LogP contribution in [0.2, 0.25) is 0 Å². The summed E-state index contributed by atoms with van der Waals surface area (Å²) in [4.78, 5) is 2.54. The number of rotatable bonds is 2. The molecule has 0 amide bonds. The Hall–Kier alpha value is -0.900. The number of piperidine rings is 1. The lowest BCUT2D eigenvalue weighted by Crippen LogP contribution is -2.35. The molecule has 4 heteroatoms. The average molecular weight is 248 g/mol. The van der Waals surface area contributed by atoms with Gasteiger partial charge in [-0.1, -0.05) is 6.92 Å². The Morgan fingerprint density at radius 2 is 2.11 bits per heavy atom. The molecule has 18 heavy (non-hydrogen) atoms. The molecule has 0 radical (unpaired) electrons. The van der Waals surface area contributed by atoms with E-state index >= 15 is 0 Å². The highest BCUT2D eigenvalue weighted by molar-refractivity contribution is 5.08. The molecule has 2 aliphatic heterocycles. The molecule has 2 unspecified atom stereocenters. The van der Waals surface area contributed by atoms with Crippen LogP contribution in [0.1, 0.15) is 63.1 Å². The molecule has 4 nitrogen and oxygen atoms in total. The molecule has 0 bridgehead atoms. The van der Waals surface area contributed by atoms with Crippen LogP contribution in [0.15, 0.2) is 0 Å². The van der Waals surface area contributed by atoms with Crippen LogP contribution >= 0.6 is 0 Å². The Balaban J connectivity index is 1.86. The molecule has 1 fully saturated rings. The van der Waals surface area contributed by atoms with Crippen LogP contribution in [-0.2, 0) is 6.42 Å². The fourth-order valence-electron chi connectivity index (χ4n) is 3.50. The van der Waals surface area contributed by atoms with Gasteiger partial charge in [-0.2, -0.15) is 0 Å². The summed E-state index contributed by atoms with van der Waals surface area (Å²) in [6.07, 6.45) is 6.24. The van der Waals surface area contributed by atoms with Gasteiger partial charge >= 0.3 is 0 Å². The molecule has 0 aromatic carbocycles. The Morgan fingerprint density at radius 1 is 1.22 bits per heavy atom. The number of fused-ring (bicyclic) bond motifs is 1. The summed E-state index contributed by atoms with van der Waals surface area (Å²) in [6, 6.07) is 0.593. The van der Waals surface area contributed by atoms with E-state index in [0.29, 0.717) is 12.0 Å². The minimum absolute atomic E-state index is 0.593. The fraction of sp³-hybridized carbons (Fsp3) is 0.857. The summed E-state index contributed by atoms with van der Waals surface area (Å²) < 4.78 is 2.44. The Labute approximate surface area is 109 Å². The molecule has 1 aromatic heterocycles. The molecule has 2 aliphatic rings. The molecule has 1 saturated heterocycles. The molecule has 1 aromatic rings. The Bertz CT molecular complexity index is 412. The molecule has 0 aliphatic carbocycles. The van der Waals surface area contributed by atoms with Crippen molar-refractivity contribution in [2.75, 3.05) is 19.6 Å². The van der Waals surface area contributed by atoms with Gasteiger partial charge in [0.15, 0.2) is 0 Å². The summed E-state index contributed by atoms with van der Waals surface area (Å²) in [5.41, 5.74) is 0. The summed E-state index contributed by atoms with van der Waals surface area (Å²) in [6.45, 7) is 8.15. The van der Waals surface area contributed by atoms with Crippen molar-refractivity contribution in [3.05, 3.63) is 11.6 Å². The van der Waals surface area contributed by atoms with Crippen molar-refractivity contribution < 1.29 is 0 Å². The Kier molecular flexibility index (Phi) is 3.37. The van der Waals surface area contributed by atoms with Crippen LogP contribution in [0.5, 0.6) is 0 Å². The lowest BCUT2D eigenvalue weighted by Gasteiger charge is -2.33. The highest BCUT2D eigenvalue weighted by Crippen LogP contribution is 2.31. The molecule has 0 saturated carbocycles. The zero-order chi connectivity index (χ0) is 12.5. The first kappa shape index (κ1) is 12.2. The lowest BCUT2D eigenvalue weighted by molar-refractivity contribution is 0.209. The number of hydrogen-bond donors (Lipinski definition) is 0. The molecule has 3 rings (SSSR count). The maximum atomic E-state index is 4.53. The minimum atomic E-state index is 0.593. The summed E-state index contributed by atoms with van der Waals surface area (Å²) in [5, 5.41) is 8.95. The van der Waals surface area contributed by atoms with E-state index in [4.69, 9.17) is 0 Å². The Morgan fingerprint density at radius 3 is 2.94 bits per heavy atom. The van der Waals surface area contributed by atoms with Gasteiger partial charge in [0.1, 0.15) is 11.6 Å². The van der Waals surface area contributed by atoms with E-state index in [2.05, 4.69) is 33.5 Å². The van der Waals surface area contributed by atoms with Crippen molar-refractivity contribution in [2.45, 2.75) is 57.9 Å². The third-order valence-electron chi connectivity index (χ3n) is 4.57. The van der Waals surface area contributed by atoms with E-state index in [-0.39, 0.29) is 0 Å². The van der Waals surface area contributed by atoms with Crippen molar-refractivity contribution in [2.24, 2.45) is 0 Å². The summed E-state index contributed by atoms with van der Waals surface area (Å²) in [7, 11) is 0. The van der Waals surface area contributed by atoms with Gasteiger partial charge in [-0.3, -0.25) is 0 Å². The molecular weight excluding hydrogens is 224 g/mol. The second kappa shape index (κ2) is 5.00. The first-order valence-corrected chi connectivity index (χ1v) is 7.45. The number of aryl methyl sites for hydroxylation is 1. The van der Waals surface area contributed by atoms with Crippen LogP contribution in [0, 0.1) is 0 Å². The van der Waals surface area contributed by atoms with Crippen molar-refractivity contribution in [3.8, 4) is 0 Å². The van der Waals surface area contributed by atoms with Gasteiger partial charge in [0.2, 0.25) is 0 Å². The highest BCUT2D eigenvalue weighted by atomic mass is 15.3. The van der Waals surface area contributed by atoms with Crippen molar-refractivity contribution >= 4 is 0 Å². The van der Waals surface area contributed by atoms with E-state index in [0.717, 1.165) is 13.0 Å². The van der Waals surface area contributed by atoms with Crippen molar-refractivity contribution in [3.63, 3.8) is 0 Å². The van der Waals surface area contributed by atoms with E-state index < -0.39 is 0 Å². The van der Waals surface area contributed by atoms with Crippen LogP contribution in [-0.4, -0.2) is 39.3 Å². The van der Waals surface area contributed by atoms with Crippen molar-refractivity contribution in [1.82, 2.24) is 19.7 Å². The second-order valence-electron chi connectivity index (χ2n) is 5.82. The minimum Gasteiger partial charge on any atom is -0.312 e. The number of nitrogens with zero attached hydrogens (tertiary/aromatic N) is 4. The lowest BCUT2D eigenvalue weighted by atomic mass is 9.96. The zero-order valence-electron chi connectivity index (χ0n) is 11.6. The van der Waals surface area contributed by atoms with Gasteiger partial charge in [-0.25, -0.2) is 0 Å². The highest BCUT2D eigenvalue weighted by Gasteiger charge is 2.29. The molecule has 0 spiro atoms. The average Bonchev–Trinajstić information content (AvgIpc) is 2.84. The molecule has 100 valence electrons. The largest absolute Gasteiger partial charge is 0.312 e. The van der Waals surface area contributed by atoms with E-state index in [1.54, 1.807) is 0 Å². The normalized spacial score (nSPS) is 29.2. The quantitative estimate of drug-likeness (QED) is 0.806. The van der Waals surface area contributed by atoms with Gasteiger partial charge in [0.25, 0.3) is 0 Å². The molecule has 0 N–H and O–H groups in total. The van der Waals surface area contributed by atoms with Crippen LogP contribution in [0.3, 0.4) is 0 Å². The molecular formula is C14H24N4. The van der Waals surface area contributed by atoms with Gasteiger partial charge < -0.3 is 9.47 Å². The summed E-state index contributed by atoms with van der Waals surface area (Å²) >= 11 is 0. The first-order chi connectivity index (χ1) is 8.79. The molecule has 2 atom stereocenters. The number of likely N-dealkylation sites (N-methyl/N-ethyl adjacent to an activating group) is 1. The predicted molar refractivity (Wildman–Crippen MR) is 71.8 cm³/mol. The van der Waals surface area contributed by atoms with Gasteiger partial charge in [-0.05, 0) is 45.7 Å². The third-order valence-corrected chi connectivity index (χ3v) is 4.57. The third kappa shape index (κ3) is 2.07. The van der Waals surface area contributed by atoms with Crippen molar-refractivity contribution in [1.29, 1.82) is 0 Å². The smallest absolute Gasteiger partial charge is 0.137 e. The van der Waals surface area contributed by atoms with E-state index in [9.17, 15) is 0 Å². The number of likely N-dealkylation sites (tertiary alicyclic amines) is 1. The molecule has 3 heterocycles. The van der Waals surface area contributed by atoms with E-state index in [1.807, 2.05) is 0 Å². The van der Waals surface area contributed by atoms with Crippen LogP contribution in [0.4, 0.5) is 0 Å². The topological polar surface area (TPSA) is 34.0 Å². The monoisotopic (exact) mass is 248 g/mol. The maximum Gasteiger partial charge on any atom is 0.137 e. The predicted octanol–water partition coefficient (Wildman–Crippen LogP) is 2.37. The SMILES string of the molecule is CCN1CCCC(c2nnc3n2C(C)CCC3)C1. The van der Waals surface area contributed by atoms with Crippen LogP contribution in [0.25, 0.3) is 0 Å². The van der Waals surface area contributed by atoms with Gasteiger partial charge in [0.05, 0.1) is 0 Å². The number of hydrogen-bond acceptors (Lipinski definition) is 3. The summed E-state index contributed by atoms with van der Waals surface area (Å²) in [5.74, 6) is 3.08. The van der Waals surface area contributed by atoms with Crippen LogP contribution < -0.4 is 0 Å². The van der Waals surface area contributed by atoms with Gasteiger partial charge in [-0.15, -0.1) is 10.2 Å². The van der Waals surface area contributed by atoms with E-state index in [1.165, 1.54) is 50.4 Å².